The van der Waals surface area contributed by atoms with Gasteiger partial charge in [0.2, 0.25) is 0 Å². The van der Waals surface area contributed by atoms with Crippen molar-refractivity contribution in [2.24, 2.45) is 0 Å². The molecule has 0 spiro atoms. The Bertz CT molecular complexity index is 651. The van der Waals surface area contributed by atoms with Crippen LogP contribution in [0.5, 0.6) is 0 Å². The monoisotopic (exact) mass is 451 g/mol. The highest BCUT2D eigenvalue weighted by Crippen LogP contribution is 2.22. The third-order valence-corrected chi connectivity index (χ3v) is 3.70. The van der Waals surface area contributed by atoms with Gasteiger partial charge in [0, 0.05) is 4.47 Å². The number of rotatable bonds is 2. The fraction of sp³-hybridized carbons (Fsp3) is 0. The Labute approximate surface area is 133 Å². The quantitative estimate of drug-likeness (QED) is 0.743. The number of amides is 1. The average Bonchev–Trinajstić information content (AvgIpc) is 2.32. The summed E-state index contributed by atoms with van der Waals surface area (Å²) < 4.78 is 14.3. The minimum Gasteiger partial charge on any atom is -0.304 e. The largest absolute Gasteiger partial charge is 0.304 e. The van der Waals surface area contributed by atoms with Crippen molar-refractivity contribution in [2.75, 3.05) is 5.32 Å². The van der Waals surface area contributed by atoms with Gasteiger partial charge in [0.05, 0.1) is 11.8 Å². The van der Waals surface area contributed by atoms with E-state index in [1.807, 2.05) is 0 Å². The Balaban J connectivity index is 2.25. The molecule has 98 valence electrons. The molecule has 4 nitrogen and oxygen atoms in total. The molecule has 1 aromatic carbocycles. The zero-order chi connectivity index (χ0) is 14.0. The number of halogens is 4. The number of nitrogens with zero attached hydrogens (tertiary/aromatic N) is 2. The van der Waals surface area contributed by atoms with E-state index >= 15 is 0 Å². The molecule has 1 aromatic heterocycles. The molecule has 0 bridgehead atoms. The molecule has 2 aromatic rings. The number of nitrogens with one attached hydrogen (secondary N) is 1. The van der Waals surface area contributed by atoms with Crippen LogP contribution in [0, 0.1) is 5.82 Å². The van der Waals surface area contributed by atoms with Crippen molar-refractivity contribution in [3.8, 4) is 0 Å². The summed E-state index contributed by atoms with van der Waals surface area (Å²) in [6, 6.07) is 3.81. The van der Waals surface area contributed by atoms with Crippen molar-refractivity contribution in [3.05, 3.63) is 49.5 Å². The fourth-order valence-electron chi connectivity index (χ4n) is 1.28. The molecule has 0 atom stereocenters. The van der Waals surface area contributed by atoms with E-state index in [-0.39, 0.29) is 5.82 Å². The van der Waals surface area contributed by atoms with Crippen molar-refractivity contribution in [1.29, 1.82) is 0 Å². The molecular weight excluding hydrogens is 449 g/mol. The summed E-state index contributed by atoms with van der Waals surface area (Å²) in [5.41, 5.74) is 0.304. The van der Waals surface area contributed by atoms with Crippen molar-refractivity contribution >= 4 is 59.5 Å². The molecule has 0 fully saturated rings. The van der Waals surface area contributed by atoms with Crippen molar-refractivity contribution in [2.45, 2.75) is 0 Å². The molecule has 0 aliphatic heterocycles. The topological polar surface area (TPSA) is 54.9 Å². The average molecular weight is 454 g/mol. The van der Waals surface area contributed by atoms with E-state index in [0.717, 1.165) is 0 Å². The Hall–Kier alpha value is -0.860. The second-order valence-electron chi connectivity index (χ2n) is 3.41. The molecule has 1 amide bonds. The Morgan fingerprint density at radius 1 is 1.26 bits per heavy atom. The maximum Gasteiger partial charge on any atom is 0.258 e. The van der Waals surface area contributed by atoms with Crippen LogP contribution in [0.15, 0.2) is 38.1 Å². The van der Waals surface area contributed by atoms with E-state index in [1.54, 1.807) is 0 Å². The van der Waals surface area contributed by atoms with E-state index in [0.29, 0.717) is 19.2 Å². The molecule has 0 aliphatic carbocycles. The molecule has 1 heterocycles. The van der Waals surface area contributed by atoms with Gasteiger partial charge in [-0.3, -0.25) is 4.79 Å². The first-order valence-corrected chi connectivity index (χ1v) is 7.29. The second-order valence-corrected chi connectivity index (χ2v) is 5.83. The van der Waals surface area contributed by atoms with E-state index in [9.17, 15) is 9.18 Å². The van der Waals surface area contributed by atoms with Crippen LogP contribution in [-0.2, 0) is 0 Å². The number of carbonyl (C=O) groups is 1. The highest BCUT2D eigenvalue weighted by molar-refractivity contribution is 9.11. The van der Waals surface area contributed by atoms with E-state index < -0.39 is 11.7 Å². The molecule has 1 N–H and O–H groups in total. The van der Waals surface area contributed by atoms with Crippen LogP contribution in [-0.4, -0.2) is 15.9 Å². The summed E-state index contributed by atoms with van der Waals surface area (Å²) in [7, 11) is 0. The van der Waals surface area contributed by atoms with E-state index in [1.165, 1.54) is 24.4 Å². The van der Waals surface area contributed by atoms with E-state index in [4.69, 9.17) is 0 Å². The smallest absolute Gasteiger partial charge is 0.258 e. The summed E-state index contributed by atoms with van der Waals surface area (Å²) in [4.78, 5) is 20.1. The highest BCUT2D eigenvalue weighted by Gasteiger charge is 2.13. The van der Waals surface area contributed by atoms with Crippen LogP contribution in [0.1, 0.15) is 10.4 Å². The van der Waals surface area contributed by atoms with Crippen molar-refractivity contribution in [1.82, 2.24) is 9.97 Å². The third kappa shape index (κ3) is 3.58. The normalized spacial score (nSPS) is 10.3. The minimum atomic E-state index is -0.423. The number of hydrogen-bond donors (Lipinski definition) is 1. The Morgan fingerprint density at radius 2 is 2.00 bits per heavy atom. The lowest BCUT2D eigenvalue weighted by Crippen LogP contribution is -2.14. The predicted molar refractivity (Wildman–Crippen MR) is 79.5 cm³/mol. The first kappa shape index (κ1) is 14.5. The Kier molecular flexibility index (Phi) is 4.64. The van der Waals surface area contributed by atoms with Gasteiger partial charge in [-0.05, 0) is 66.0 Å². The molecule has 8 heteroatoms. The first-order chi connectivity index (χ1) is 8.97. The minimum absolute atomic E-state index is 0.282. The summed E-state index contributed by atoms with van der Waals surface area (Å²) in [6.07, 6.45) is 1.46. The van der Waals surface area contributed by atoms with Crippen molar-refractivity contribution < 1.29 is 9.18 Å². The summed E-state index contributed by atoms with van der Waals surface area (Å²) >= 11 is 9.48. The molecular formula is C11H5Br3FN3O. The molecule has 0 saturated heterocycles. The van der Waals surface area contributed by atoms with Gasteiger partial charge in [-0.1, -0.05) is 0 Å². The van der Waals surface area contributed by atoms with Crippen LogP contribution < -0.4 is 5.32 Å². The van der Waals surface area contributed by atoms with Crippen molar-refractivity contribution in [3.63, 3.8) is 0 Å². The number of anilines is 1. The molecule has 2 rings (SSSR count). The van der Waals surface area contributed by atoms with Gasteiger partial charge < -0.3 is 5.32 Å². The lowest BCUT2D eigenvalue weighted by molar-refractivity contribution is 0.102. The summed E-state index contributed by atoms with van der Waals surface area (Å²) in [6.45, 7) is 0. The van der Waals surface area contributed by atoms with Gasteiger partial charge in [0.15, 0.2) is 5.82 Å². The van der Waals surface area contributed by atoms with Crippen LogP contribution in [0.3, 0.4) is 0 Å². The molecule has 0 saturated carbocycles. The lowest BCUT2D eigenvalue weighted by Gasteiger charge is -2.07. The summed E-state index contributed by atoms with van der Waals surface area (Å²) in [5.74, 6) is -0.554. The van der Waals surface area contributed by atoms with Gasteiger partial charge in [-0.15, -0.1) is 0 Å². The standard InChI is InChI=1S/C11H5Br3FN3O/c12-7-3-5(15)1-2-6(7)11(19)18-10-9(14)17-8(13)4-16-10/h1-4H,(H,16,18,19). The highest BCUT2D eigenvalue weighted by atomic mass is 79.9. The fourth-order valence-corrected chi connectivity index (χ4v) is 2.72. The van der Waals surface area contributed by atoms with E-state index in [2.05, 4.69) is 63.1 Å². The molecule has 0 radical (unpaired) electrons. The van der Waals surface area contributed by atoms with Crippen LogP contribution in [0.4, 0.5) is 10.2 Å². The summed E-state index contributed by atoms with van der Waals surface area (Å²) in [5, 5.41) is 2.58. The number of hydrogen-bond acceptors (Lipinski definition) is 3. The molecule has 0 aliphatic rings. The van der Waals surface area contributed by atoms with Crippen LogP contribution >= 0.6 is 47.8 Å². The molecule has 0 unspecified atom stereocenters. The number of carbonyl (C=O) groups excluding carboxylic acids is 1. The number of benzene rings is 1. The second kappa shape index (κ2) is 6.06. The first-order valence-electron chi connectivity index (χ1n) is 4.92. The van der Waals surface area contributed by atoms with Gasteiger partial charge in [-0.2, -0.15) is 0 Å². The van der Waals surface area contributed by atoms with Gasteiger partial charge >= 0.3 is 0 Å². The third-order valence-electron chi connectivity index (χ3n) is 2.11. The Morgan fingerprint density at radius 3 is 2.63 bits per heavy atom. The SMILES string of the molecule is O=C(Nc1ncc(Br)nc1Br)c1ccc(F)cc1Br. The van der Waals surface area contributed by atoms with Gasteiger partial charge in [0.25, 0.3) is 5.91 Å². The maximum absolute atomic E-state index is 12.9. The van der Waals surface area contributed by atoms with Gasteiger partial charge in [-0.25, -0.2) is 14.4 Å². The molecule has 19 heavy (non-hydrogen) atoms. The predicted octanol–water partition coefficient (Wildman–Crippen LogP) is 4.16. The van der Waals surface area contributed by atoms with Crippen LogP contribution in [0.2, 0.25) is 0 Å². The zero-order valence-corrected chi connectivity index (χ0v) is 13.9. The maximum atomic E-state index is 12.9. The zero-order valence-electron chi connectivity index (χ0n) is 9.12. The van der Waals surface area contributed by atoms with Gasteiger partial charge in [0.1, 0.15) is 15.0 Å². The van der Waals surface area contributed by atoms with Crippen LogP contribution in [0.25, 0.3) is 0 Å². The number of aromatic nitrogens is 2. The lowest BCUT2D eigenvalue weighted by atomic mass is 10.2.